The van der Waals surface area contributed by atoms with Crippen molar-refractivity contribution in [2.24, 2.45) is 7.05 Å². The van der Waals surface area contributed by atoms with Crippen LogP contribution in [0, 0.1) is 17.0 Å². The molecule has 0 saturated heterocycles. The van der Waals surface area contributed by atoms with E-state index in [4.69, 9.17) is 0 Å². The van der Waals surface area contributed by atoms with Gasteiger partial charge in [0, 0.05) is 11.9 Å². The van der Waals surface area contributed by atoms with Crippen LogP contribution in [0.3, 0.4) is 0 Å². The Morgan fingerprint density at radius 3 is 2.56 bits per heavy atom. The average Bonchev–Trinajstić information content (AvgIpc) is 2.57. The highest BCUT2D eigenvalue weighted by Gasteiger charge is 2.24. The Balaban J connectivity index is 2.39. The van der Waals surface area contributed by atoms with E-state index in [9.17, 15) is 15.2 Å². The maximum Gasteiger partial charge on any atom is 0.324 e. The van der Waals surface area contributed by atoms with E-state index >= 15 is 0 Å². The van der Waals surface area contributed by atoms with Crippen molar-refractivity contribution in [1.82, 2.24) is 9.78 Å². The fourth-order valence-corrected chi connectivity index (χ4v) is 2.56. The molecule has 0 saturated carbocycles. The Hall–Kier alpha value is -2.02. The molecule has 0 fully saturated rings. The van der Waals surface area contributed by atoms with Gasteiger partial charge in [-0.05, 0) is 31.2 Å². The molecule has 0 atom stereocenters. The molecule has 7 heteroatoms. The van der Waals surface area contributed by atoms with E-state index in [0.717, 1.165) is 4.90 Å². The van der Waals surface area contributed by atoms with Crippen molar-refractivity contribution in [1.29, 1.82) is 0 Å². The third kappa shape index (κ3) is 2.30. The molecular formula is C11H11N3O3S. The van der Waals surface area contributed by atoms with E-state index in [-0.39, 0.29) is 11.4 Å². The summed E-state index contributed by atoms with van der Waals surface area (Å²) in [4.78, 5) is 11.4. The number of phenols is 1. The predicted octanol–water partition coefficient (Wildman–Crippen LogP) is 2.49. The van der Waals surface area contributed by atoms with Gasteiger partial charge in [-0.3, -0.25) is 14.8 Å². The minimum absolute atomic E-state index is 0.0237. The normalized spacial score (nSPS) is 10.6. The van der Waals surface area contributed by atoms with Gasteiger partial charge in [0.2, 0.25) is 0 Å². The van der Waals surface area contributed by atoms with Gasteiger partial charge in [0.15, 0.2) is 5.03 Å². The number of rotatable bonds is 3. The minimum Gasteiger partial charge on any atom is -0.508 e. The van der Waals surface area contributed by atoms with Crippen LogP contribution in [0.2, 0.25) is 0 Å². The summed E-state index contributed by atoms with van der Waals surface area (Å²) in [6.07, 6.45) is 0. The Morgan fingerprint density at radius 1 is 1.39 bits per heavy atom. The molecule has 0 spiro atoms. The number of benzene rings is 1. The molecular weight excluding hydrogens is 254 g/mol. The van der Waals surface area contributed by atoms with E-state index in [1.165, 1.54) is 28.6 Å². The average molecular weight is 265 g/mol. The number of phenolic OH excluding ortho intramolecular Hbond substituents is 1. The van der Waals surface area contributed by atoms with Crippen LogP contribution < -0.4 is 0 Å². The molecule has 6 nitrogen and oxygen atoms in total. The monoisotopic (exact) mass is 265 g/mol. The molecule has 1 aromatic carbocycles. The maximum absolute atomic E-state index is 11.0. The van der Waals surface area contributed by atoms with Crippen LogP contribution in [0.15, 0.2) is 34.2 Å². The first kappa shape index (κ1) is 12.4. The lowest BCUT2D eigenvalue weighted by Crippen LogP contribution is -1.94. The predicted molar refractivity (Wildman–Crippen MR) is 66.8 cm³/mol. The van der Waals surface area contributed by atoms with Crippen molar-refractivity contribution in [3.05, 3.63) is 40.1 Å². The molecule has 1 aromatic heterocycles. The highest BCUT2D eigenvalue weighted by Crippen LogP contribution is 2.36. The Morgan fingerprint density at radius 2 is 2.00 bits per heavy atom. The van der Waals surface area contributed by atoms with E-state index in [1.807, 2.05) is 0 Å². The van der Waals surface area contributed by atoms with Crippen LogP contribution in [0.5, 0.6) is 5.75 Å². The molecule has 1 N–H and O–H groups in total. The summed E-state index contributed by atoms with van der Waals surface area (Å²) in [7, 11) is 1.67. The number of hydrogen-bond acceptors (Lipinski definition) is 5. The van der Waals surface area contributed by atoms with Gasteiger partial charge in [-0.1, -0.05) is 11.8 Å². The zero-order valence-electron chi connectivity index (χ0n) is 9.82. The zero-order chi connectivity index (χ0) is 13.3. The van der Waals surface area contributed by atoms with E-state index in [2.05, 4.69) is 5.10 Å². The van der Waals surface area contributed by atoms with E-state index < -0.39 is 4.92 Å². The van der Waals surface area contributed by atoms with E-state index in [0.29, 0.717) is 10.7 Å². The van der Waals surface area contributed by atoms with Crippen LogP contribution in [0.4, 0.5) is 5.69 Å². The van der Waals surface area contributed by atoms with Crippen molar-refractivity contribution in [2.45, 2.75) is 16.8 Å². The Bertz CT molecular complexity index is 592. The second kappa shape index (κ2) is 4.69. The van der Waals surface area contributed by atoms with Crippen LogP contribution in [0.1, 0.15) is 5.69 Å². The molecule has 0 radical (unpaired) electrons. The van der Waals surface area contributed by atoms with Crippen LogP contribution in [-0.2, 0) is 7.05 Å². The van der Waals surface area contributed by atoms with Crippen molar-refractivity contribution in [3.8, 4) is 5.75 Å². The Kier molecular flexibility index (Phi) is 3.24. The maximum atomic E-state index is 11.0. The molecule has 2 aromatic rings. The molecule has 94 valence electrons. The van der Waals surface area contributed by atoms with Crippen LogP contribution in [0.25, 0.3) is 0 Å². The molecule has 0 unspecified atom stereocenters. The molecule has 1 heterocycles. The topological polar surface area (TPSA) is 81.2 Å². The number of aryl methyl sites for hydroxylation is 2. The fourth-order valence-electron chi connectivity index (χ4n) is 1.58. The van der Waals surface area contributed by atoms with Gasteiger partial charge >= 0.3 is 5.69 Å². The molecule has 0 aliphatic carbocycles. The van der Waals surface area contributed by atoms with Gasteiger partial charge in [0.05, 0.1) is 4.92 Å². The third-order valence-corrected chi connectivity index (χ3v) is 3.53. The first-order valence-corrected chi connectivity index (χ1v) is 5.95. The summed E-state index contributed by atoms with van der Waals surface area (Å²) < 4.78 is 1.49. The van der Waals surface area contributed by atoms with Crippen molar-refractivity contribution in [2.75, 3.05) is 0 Å². The second-order valence-electron chi connectivity index (χ2n) is 3.72. The van der Waals surface area contributed by atoms with Crippen molar-refractivity contribution in [3.63, 3.8) is 0 Å². The highest BCUT2D eigenvalue weighted by molar-refractivity contribution is 7.99. The lowest BCUT2D eigenvalue weighted by Gasteiger charge is -2.01. The lowest BCUT2D eigenvalue weighted by molar-refractivity contribution is -0.388. The van der Waals surface area contributed by atoms with E-state index in [1.54, 1.807) is 26.1 Å². The molecule has 0 aliphatic heterocycles. The largest absolute Gasteiger partial charge is 0.508 e. The summed E-state index contributed by atoms with van der Waals surface area (Å²) in [5.74, 6) is 0.162. The van der Waals surface area contributed by atoms with Gasteiger partial charge in [-0.15, -0.1) is 0 Å². The summed E-state index contributed by atoms with van der Waals surface area (Å²) in [6.45, 7) is 1.61. The zero-order valence-corrected chi connectivity index (χ0v) is 10.6. The minimum atomic E-state index is -0.426. The smallest absolute Gasteiger partial charge is 0.324 e. The van der Waals surface area contributed by atoms with Crippen molar-refractivity contribution < 1.29 is 10.0 Å². The van der Waals surface area contributed by atoms with Crippen LogP contribution in [-0.4, -0.2) is 19.8 Å². The first-order chi connectivity index (χ1) is 8.49. The number of nitro groups is 1. The molecule has 0 aliphatic rings. The van der Waals surface area contributed by atoms with Crippen LogP contribution >= 0.6 is 11.8 Å². The van der Waals surface area contributed by atoms with Crippen molar-refractivity contribution >= 4 is 17.4 Å². The molecule has 18 heavy (non-hydrogen) atoms. The van der Waals surface area contributed by atoms with Gasteiger partial charge < -0.3 is 5.11 Å². The Labute approximate surface area is 107 Å². The molecule has 0 amide bonds. The number of hydrogen-bond donors (Lipinski definition) is 1. The highest BCUT2D eigenvalue weighted by atomic mass is 32.2. The number of nitrogens with zero attached hydrogens (tertiary/aromatic N) is 3. The fraction of sp³-hybridized carbons (Fsp3) is 0.182. The lowest BCUT2D eigenvalue weighted by atomic mass is 10.3. The van der Waals surface area contributed by atoms with Gasteiger partial charge in [-0.25, -0.2) is 0 Å². The summed E-state index contributed by atoms with van der Waals surface area (Å²) in [5, 5.41) is 24.7. The third-order valence-electron chi connectivity index (χ3n) is 2.37. The SMILES string of the molecule is Cc1nn(C)c(Sc2ccc(O)cc2)c1[N+](=O)[O-]. The number of aromatic hydroxyl groups is 1. The molecule has 2 rings (SSSR count). The summed E-state index contributed by atoms with van der Waals surface area (Å²) in [5.41, 5.74) is 0.416. The second-order valence-corrected chi connectivity index (χ2v) is 4.78. The standard InChI is InChI=1S/C11H11N3O3S/c1-7-10(14(16)17)11(13(2)12-7)18-9-5-3-8(15)4-6-9/h3-6,15H,1-2H3. The number of aromatic nitrogens is 2. The van der Waals surface area contributed by atoms with Gasteiger partial charge in [-0.2, -0.15) is 5.10 Å². The van der Waals surface area contributed by atoms with Gasteiger partial charge in [0.1, 0.15) is 11.4 Å². The summed E-state index contributed by atoms with van der Waals surface area (Å²) >= 11 is 1.25. The van der Waals surface area contributed by atoms with Gasteiger partial charge in [0.25, 0.3) is 0 Å². The molecule has 0 bridgehead atoms. The quantitative estimate of drug-likeness (QED) is 0.681. The first-order valence-electron chi connectivity index (χ1n) is 5.14. The summed E-state index contributed by atoms with van der Waals surface area (Å²) in [6, 6.07) is 6.48.